The molecule has 3 aliphatic rings. The first-order valence-corrected chi connectivity index (χ1v) is 13.9. The molecule has 9 nitrogen and oxygen atoms in total. The largest absolute Gasteiger partial charge is 0.457 e. The molecular weight excluding hydrogens is 534 g/mol. The van der Waals surface area contributed by atoms with Crippen molar-refractivity contribution in [1.82, 2.24) is 4.90 Å². The highest BCUT2D eigenvalue weighted by atomic mass is 16.5. The van der Waals surface area contributed by atoms with Crippen LogP contribution in [0, 0.1) is 23.7 Å². The fraction of sp³-hybridized carbons (Fsp3) is 0.333. The van der Waals surface area contributed by atoms with Crippen LogP contribution < -0.4 is 19.7 Å². The van der Waals surface area contributed by atoms with Crippen molar-refractivity contribution in [3.05, 3.63) is 72.8 Å². The van der Waals surface area contributed by atoms with Gasteiger partial charge in [0, 0.05) is 25.8 Å². The maximum absolute atomic E-state index is 13.3. The highest BCUT2D eigenvalue weighted by molar-refractivity contribution is 6.22. The Morgan fingerprint density at radius 2 is 1.07 bits per heavy atom. The summed E-state index contributed by atoms with van der Waals surface area (Å²) in [6, 6.07) is 21.5. The zero-order chi connectivity index (χ0) is 29.3. The number of imide groups is 2. The average molecular weight is 572 g/mol. The van der Waals surface area contributed by atoms with E-state index in [0.717, 1.165) is 10.6 Å². The van der Waals surface area contributed by atoms with E-state index in [0.29, 0.717) is 28.7 Å². The van der Waals surface area contributed by atoms with Gasteiger partial charge >= 0.3 is 0 Å². The van der Waals surface area contributed by atoms with Crippen LogP contribution in [0.5, 0.6) is 23.0 Å². The summed E-state index contributed by atoms with van der Waals surface area (Å²) >= 11 is 0. The van der Waals surface area contributed by atoms with Crippen molar-refractivity contribution in [3.8, 4) is 23.0 Å². The molecule has 2 saturated heterocycles. The maximum atomic E-state index is 13.3. The fourth-order valence-electron chi connectivity index (χ4n) is 5.82. The van der Waals surface area contributed by atoms with Crippen molar-refractivity contribution in [3.63, 3.8) is 0 Å². The molecule has 2 heterocycles. The molecule has 0 spiro atoms. The number of nitrogens with zero attached hydrogens (tertiary/aromatic N) is 2. The first kappa shape index (κ1) is 30.3. The molecule has 1 saturated carbocycles. The summed E-state index contributed by atoms with van der Waals surface area (Å²) < 4.78 is 11.9. The van der Waals surface area contributed by atoms with E-state index in [1.807, 2.05) is 57.3 Å². The minimum atomic E-state index is -0.588. The molecule has 0 aromatic heterocycles. The zero-order valence-corrected chi connectivity index (χ0v) is 23.5. The summed E-state index contributed by atoms with van der Waals surface area (Å²) in [6.07, 6.45) is 0.453. The quantitative estimate of drug-likeness (QED) is 0.356. The van der Waals surface area contributed by atoms with E-state index in [2.05, 4.69) is 5.32 Å². The molecule has 42 heavy (non-hydrogen) atoms. The van der Waals surface area contributed by atoms with E-state index >= 15 is 0 Å². The smallest absolute Gasteiger partial charge is 0.237 e. The molecular formula is C33H37N3O6. The molecule has 0 radical (unpaired) electrons. The van der Waals surface area contributed by atoms with Gasteiger partial charge in [0.15, 0.2) is 0 Å². The number of hydrogen-bond donors (Lipinski definition) is 1. The van der Waals surface area contributed by atoms with Crippen LogP contribution in [0.1, 0.15) is 34.1 Å². The molecule has 4 unspecified atom stereocenters. The van der Waals surface area contributed by atoms with Crippen molar-refractivity contribution in [2.75, 3.05) is 24.3 Å². The van der Waals surface area contributed by atoms with Crippen LogP contribution in [0.4, 0.5) is 11.4 Å². The molecule has 3 aromatic carbocycles. The van der Waals surface area contributed by atoms with Crippen LogP contribution >= 0.6 is 0 Å². The van der Waals surface area contributed by atoms with Gasteiger partial charge < -0.3 is 14.8 Å². The lowest BCUT2D eigenvalue weighted by molar-refractivity contribution is -0.138. The number of rotatable bonds is 6. The predicted octanol–water partition coefficient (Wildman–Crippen LogP) is 6.11. The molecule has 220 valence electrons. The number of likely N-dealkylation sites (tertiary alicyclic amines) is 1. The van der Waals surface area contributed by atoms with Crippen molar-refractivity contribution in [1.29, 1.82) is 0 Å². The van der Waals surface area contributed by atoms with Gasteiger partial charge in [-0.2, -0.15) is 0 Å². The van der Waals surface area contributed by atoms with E-state index in [9.17, 15) is 19.2 Å². The first-order valence-electron chi connectivity index (χ1n) is 13.9. The summed E-state index contributed by atoms with van der Waals surface area (Å²) in [4.78, 5) is 53.8. The van der Waals surface area contributed by atoms with Gasteiger partial charge in [-0.1, -0.05) is 27.3 Å². The Morgan fingerprint density at radius 1 is 0.643 bits per heavy atom. The number of benzene rings is 3. The third-order valence-corrected chi connectivity index (χ3v) is 7.87. The summed E-state index contributed by atoms with van der Waals surface area (Å²) in [7, 11) is 3.32. The first-order chi connectivity index (χ1) is 19.8. The lowest BCUT2D eigenvalue weighted by Crippen LogP contribution is -2.35. The van der Waals surface area contributed by atoms with Gasteiger partial charge in [0.1, 0.15) is 23.0 Å². The second-order valence-electron chi connectivity index (χ2n) is 10.1. The highest BCUT2D eigenvalue weighted by Gasteiger charge is 2.59. The van der Waals surface area contributed by atoms with Gasteiger partial charge in [0.05, 0.1) is 29.4 Å². The molecule has 6 rings (SSSR count). The molecule has 2 aliphatic heterocycles. The van der Waals surface area contributed by atoms with E-state index in [-0.39, 0.29) is 43.9 Å². The third kappa shape index (κ3) is 5.46. The van der Waals surface area contributed by atoms with Gasteiger partial charge in [0.25, 0.3) is 0 Å². The number of carbonyl (C=O) groups excluding carboxylic acids is 4. The Bertz CT molecular complexity index is 1430. The number of ether oxygens (including phenoxy) is 2. The van der Waals surface area contributed by atoms with Crippen LogP contribution in [0.2, 0.25) is 0 Å². The molecule has 9 heteroatoms. The van der Waals surface area contributed by atoms with E-state index in [1.54, 1.807) is 36.4 Å². The summed E-state index contributed by atoms with van der Waals surface area (Å²) in [5.41, 5.74) is 1.42. The van der Waals surface area contributed by atoms with Crippen LogP contribution in [0.3, 0.4) is 0 Å². The minimum Gasteiger partial charge on any atom is -0.457 e. The topological polar surface area (TPSA) is 105 Å². The summed E-state index contributed by atoms with van der Waals surface area (Å²) in [6.45, 7) is 4.00. The second kappa shape index (κ2) is 12.5. The highest BCUT2D eigenvalue weighted by Crippen LogP contribution is 2.48. The number of nitrogens with one attached hydrogen (secondary N) is 1. The Kier molecular flexibility index (Phi) is 8.99. The summed E-state index contributed by atoms with van der Waals surface area (Å²) in [5, 5.41) is 3.06. The molecule has 3 fully saturated rings. The Labute approximate surface area is 246 Å². The predicted molar refractivity (Wildman–Crippen MR) is 161 cm³/mol. The number of amides is 4. The SMILES string of the molecule is C.CC.CNc1ccc(Oc2cccc(Oc3ccc(N4C(=O)C5CC6C(=O)N(C)C(=O)C6CC5C4=O)cc3)c2)cc1. The Hall–Kier alpha value is -4.66. The van der Waals surface area contributed by atoms with E-state index < -0.39 is 23.7 Å². The average Bonchev–Trinajstić information content (AvgIpc) is 3.37. The Morgan fingerprint density at radius 3 is 1.52 bits per heavy atom. The van der Waals surface area contributed by atoms with Gasteiger partial charge in [-0.25, -0.2) is 0 Å². The van der Waals surface area contributed by atoms with Crippen LogP contribution in [-0.4, -0.2) is 42.6 Å². The number of fused-ring (bicyclic) bond motifs is 2. The van der Waals surface area contributed by atoms with Crippen molar-refractivity contribution >= 4 is 35.0 Å². The molecule has 4 amide bonds. The number of anilines is 2. The standard InChI is InChI=1S/C30H27N3O6.C2H6.CH4/c1-31-17-6-10-19(11-7-17)38-21-4-3-5-22(14-21)39-20-12-8-18(9-13-20)33-29(36)25-15-23-24(16-26(25)30(33)37)28(35)32(2)27(23)34;1-2;/h3-14,23-26,31H,15-16H2,1-2H3;1-2H3;1H4. The van der Waals surface area contributed by atoms with Crippen molar-refractivity contribution in [2.24, 2.45) is 23.7 Å². The third-order valence-electron chi connectivity index (χ3n) is 7.87. The number of carbonyl (C=O) groups is 4. The lowest BCUT2D eigenvalue weighted by atomic mass is 9.70. The van der Waals surface area contributed by atoms with Crippen LogP contribution in [0.15, 0.2) is 72.8 Å². The minimum absolute atomic E-state index is 0. The maximum Gasteiger partial charge on any atom is 0.237 e. The van der Waals surface area contributed by atoms with E-state index in [1.165, 1.54) is 11.9 Å². The number of hydrogen-bond acceptors (Lipinski definition) is 7. The molecule has 4 atom stereocenters. The lowest BCUT2D eigenvalue weighted by Gasteiger charge is -2.28. The molecule has 1 N–H and O–H groups in total. The van der Waals surface area contributed by atoms with Crippen LogP contribution in [-0.2, 0) is 19.2 Å². The van der Waals surface area contributed by atoms with E-state index in [4.69, 9.17) is 9.47 Å². The van der Waals surface area contributed by atoms with Crippen molar-refractivity contribution in [2.45, 2.75) is 34.1 Å². The zero-order valence-electron chi connectivity index (χ0n) is 23.5. The van der Waals surface area contributed by atoms with Gasteiger partial charge in [-0.05, 0) is 73.5 Å². The monoisotopic (exact) mass is 571 g/mol. The summed E-state index contributed by atoms with van der Waals surface area (Å²) in [5.74, 6) is -0.978. The van der Waals surface area contributed by atoms with Crippen molar-refractivity contribution < 1.29 is 28.7 Å². The second-order valence-corrected chi connectivity index (χ2v) is 10.1. The van der Waals surface area contributed by atoms with Crippen LogP contribution in [0.25, 0.3) is 0 Å². The van der Waals surface area contributed by atoms with Gasteiger partial charge in [-0.3, -0.25) is 29.0 Å². The normalized spacial score (nSPS) is 22.5. The fourth-order valence-corrected chi connectivity index (χ4v) is 5.82. The van der Waals surface area contributed by atoms with Gasteiger partial charge in [-0.15, -0.1) is 0 Å². The molecule has 1 aliphatic carbocycles. The Balaban J connectivity index is 0.00000132. The molecule has 0 bridgehead atoms. The van der Waals surface area contributed by atoms with Gasteiger partial charge in [0.2, 0.25) is 23.6 Å². The molecule has 3 aromatic rings.